The minimum absolute atomic E-state index is 0.0404. The zero-order chi connectivity index (χ0) is 23.4. The predicted octanol–water partition coefficient (Wildman–Crippen LogP) is 3.63. The van der Waals surface area contributed by atoms with Crippen molar-refractivity contribution in [3.05, 3.63) is 60.2 Å². The molecule has 0 aromatic heterocycles. The first-order valence-electron chi connectivity index (χ1n) is 10.7. The van der Waals surface area contributed by atoms with Gasteiger partial charge in [0.25, 0.3) is 15.9 Å². The molecule has 2 N–H and O–H groups in total. The van der Waals surface area contributed by atoms with Gasteiger partial charge in [-0.15, -0.1) is 0 Å². The maximum atomic E-state index is 13.2. The van der Waals surface area contributed by atoms with E-state index < -0.39 is 20.0 Å². The summed E-state index contributed by atoms with van der Waals surface area (Å²) in [5, 5.41) is 3.75. The summed E-state index contributed by atoms with van der Waals surface area (Å²) in [6, 6.07) is 13.7. The number of hydrogen-bond donors (Lipinski definition) is 2. The maximum absolute atomic E-state index is 13.2. The highest BCUT2D eigenvalue weighted by Gasteiger charge is 2.29. The van der Waals surface area contributed by atoms with Crippen molar-refractivity contribution >= 4 is 48.1 Å². The van der Waals surface area contributed by atoms with Crippen LogP contribution in [0.3, 0.4) is 0 Å². The summed E-state index contributed by atoms with van der Waals surface area (Å²) in [5.41, 5.74) is 1.26. The highest BCUT2D eigenvalue weighted by atomic mass is 32.2. The number of benzene rings is 3. The lowest BCUT2D eigenvalue weighted by atomic mass is 10.0. The highest BCUT2D eigenvalue weighted by Crippen LogP contribution is 2.37. The molecule has 1 saturated heterocycles. The quantitative estimate of drug-likeness (QED) is 0.573. The van der Waals surface area contributed by atoms with Gasteiger partial charge in [-0.2, -0.15) is 4.31 Å². The molecular formula is C23H23N3O5S2. The minimum Gasteiger partial charge on any atom is -0.321 e. The van der Waals surface area contributed by atoms with Crippen LogP contribution in [-0.2, 0) is 20.0 Å². The molecule has 0 saturated carbocycles. The Morgan fingerprint density at radius 1 is 1.00 bits per heavy atom. The summed E-state index contributed by atoms with van der Waals surface area (Å²) in [6.45, 7) is 3.01. The van der Waals surface area contributed by atoms with E-state index in [1.54, 1.807) is 24.3 Å². The Morgan fingerprint density at radius 2 is 1.76 bits per heavy atom. The first kappa shape index (κ1) is 21.9. The van der Waals surface area contributed by atoms with Crippen LogP contribution in [0.5, 0.6) is 0 Å². The predicted molar refractivity (Wildman–Crippen MR) is 126 cm³/mol. The molecular weight excluding hydrogens is 462 g/mol. The van der Waals surface area contributed by atoms with Gasteiger partial charge in [-0.05, 0) is 61.2 Å². The second-order valence-electron chi connectivity index (χ2n) is 8.53. The molecule has 0 aliphatic carbocycles. The van der Waals surface area contributed by atoms with Gasteiger partial charge in [0.05, 0.1) is 9.79 Å². The van der Waals surface area contributed by atoms with Crippen molar-refractivity contribution in [1.29, 1.82) is 0 Å². The fraction of sp³-hybridized carbons (Fsp3) is 0.261. The fourth-order valence-electron chi connectivity index (χ4n) is 4.52. The largest absolute Gasteiger partial charge is 0.321 e. The first-order valence-corrected chi connectivity index (χ1v) is 13.6. The fourth-order valence-corrected chi connectivity index (χ4v) is 7.38. The molecule has 1 amide bonds. The minimum atomic E-state index is -3.99. The van der Waals surface area contributed by atoms with Crippen LogP contribution in [0, 0.1) is 5.92 Å². The molecule has 3 aromatic rings. The first-order chi connectivity index (χ1) is 15.7. The molecule has 10 heteroatoms. The Kier molecular flexibility index (Phi) is 5.19. The van der Waals surface area contributed by atoms with E-state index in [0.717, 1.165) is 12.8 Å². The van der Waals surface area contributed by atoms with Crippen LogP contribution in [0.15, 0.2) is 64.4 Å². The molecule has 0 spiro atoms. The molecule has 2 aliphatic heterocycles. The Hall–Kier alpha value is -2.95. The van der Waals surface area contributed by atoms with Crippen molar-refractivity contribution in [3.63, 3.8) is 0 Å². The molecule has 33 heavy (non-hydrogen) atoms. The Morgan fingerprint density at radius 3 is 2.48 bits per heavy atom. The zero-order valence-electron chi connectivity index (χ0n) is 17.9. The summed E-state index contributed by atoms with van der Waals surface area (Å²) < 4.78 is 56.2. The lowest BCUT2D eigenvalue weighted by Gasteiger charge is -2.30. The van der Waals surface area contributed by atoms with E-state index in [2.05, 4.69) is 10.0 Å². The number of amides is 1. The van der Waals surface area contributed by atoms with Crippen LogP contribution < -0.4 is 10.0 Å². The van der Waals surface area contributed by atoms with Crippen molar-refractivity contribution in [2.45, 2.75) is 29.6 Å². The molecule has 1 fully saturated rings. The summed E-state index contributed by atoms with van der Waals surface area (Å²) in [7, 11) is -7.62. The van der Waals surface area contributed by atoms with Crippen LogP contribution in [0.25, 0.3) is 10.8 Å². The molecule has 172 valence electrons. The van der Waals surface area contributed by atoms with Gasteiger partial charge >= 0.3 is 0 Å². The maximum Gasteiger partial charge on any atom is 0.262 e. The van der Waals surface area contributed by atoms with Crippen molar-refractivity contribution in [2.75, 3.05) is 23.1 Å². The second-order valence-corrected chi connectivity index (χ2v) is 12.1. The normalized spacial score (nSPS) is 18.9. The summed E-state index contributed by atoms with van der Waals surface area (Å²) >= 11 is 0. The molecule has 1 atom stereocenters. The van der Waals surface area contributed by atoms with Crippen molar-refractivity contribution in [1.82, 2.24) is 4.31 Å². The van der Waals surface area contributed by atoms with Gasteiger partial charge in [-0.25, -0.2) is 16.8 Å². The molecule has 0 radical (unpaired) electrons. The van der Waals surface area contributed by atoms with E-state index >= 15 is 0 Å². The molecule has 0 bridgehead atoms. The number of nitrogens with zero attached hydrogens (tertiary/aromatic N) is 1. The van der Waals surface area contributed by atoms with Gasteiger partial charge in [0.2, 0.25) is 10.0 Å². The van der Waals surface area contributed by atoms with Crippen LogP contribution in [-0.4, -0.2) is 40.1 Å². The summed E-state index contributed by atoms with van der Waals surface area (Å²) in [6.07, 6.45) is 1.84. The lowest BCUT2D eigenvalue weighted by Crippen LogP contribution is -2.39. The SMILES string of the molecule is CC1CCCN(S(=O)(=O)c2ccc(NS(=O)(=O)c3ccc4c5c(cccc35)C(=O)N4)cc2)C1. The standard InChI is InChI=1S/C23H23N3O5S2/c1-15-4-3-13-26(14-15)33(30,31)17-9-7-16(8-10-17)25-32(28,29)21-12-11-20-22-18(21)5-2-6-19(22)23(27)24-20/h2,5-12,15,25H,3-4,13-14H2,1H3,(H,24,27). The van der Waals surface area contributed by atoms with Gasteiger partial charge in [0, 0.05) is 40.8 Å². The second kappa shape index (κ2) is 7.82. The molecule has 5 rings (SSSR count). The zero-order valence-corrected chi connectivity index (χ0v) is 19.5. The highest BCUT2D eigenvalue weighted by molar-refractivity contribution is 7.93. The third kappa shape index (κ3) is 3.77. The average molecular weight is 486 g/mol. The number of sulfonamides is 2. The third-order valence-electron chi connectivity index (χ3n) is 6.15. The van der Waals surface area contributed by atoms with Crippen LogP contribution >= 0.6 is 0 Å². The van der Waals surface area contributed by atoms with Crippen molar-refractivity contribution in [2.24, 2.45) is 5.92 Å². The summed E-state index contributed by atoms with van der Waals surface area (Å²) in [5.74, 6) is 0.0425. The molecule has 3 aromatic carbocycles. The van der Waals surface area contributed by atoms with Crippen LogP contribution in [0.2, 0.25) is 0 Å². The average Bonchev–Trinajstić information content (AvgIpc) is 3.11. The van der Waals surface area contributed by atoms with Gasteiger partial charge in [-0.1, -0.05) is 19.1 Å². The van der Waals surface area contributed by atoms with E-state index in [1.165, 1.54) is 34.6 Å². The lowest BCUT2D eigenvalue weighted by molar-refractivity contribution is 0.103. The van der Waals surface area contributed by atoms with E-state index in [-0.39, 0.29) is 21.4 Å². The Bertz CT molecular complexity index is 1480. The van der Waals surface area contributed by atoms with Gasteiger partial charge in [-0.3, -0.25) is 9.52 Å². The smallest absolute Gasteiger partial charge is 0.262 e. The topological polar surface area (TPSA) is 113 Å². The summed E-state index contributed by atoms with van der Waals surface area (Å²) in [4.78, 5) is 12.3. The Balaban J connectivity index is 1.44. The Labute approximate surface area is 192 Å². The number of anilines is 2. The number of rotatable bonds is 5. The van der Waals surface area contributed by atoms with E-state index in [1.807, 2.05) is 6.92 Å². The van der Waals surface area contributed by atoms with E-state index in [4.69, 9.17) is 0 Å². The molecule has 2 aliphatic rings. The number of nitrogens with one attached hydrogen (secondary N) is 2. The monoisotopic (exact) mass is 485 g/mol. The van der Waals surface area contributed by atoms with Crippen LogP contribution in [0.1, 0.15) is 30.1 Å². The van der Waals surface area contributed by atoms with Crippen LogP contribution in [0.4, 0.5) is 11.4 Å². The number of hydrogen-bond acceptors (Lipinski definition) is 5. The molecule has 2 heterocycles. The molecule has 1 unspecified atom stereocenters. The number of carbonyl (C=O) groups excluding carboxylic acids is 1. The number of piperidine rings is 1. The van der Waals surface area contributed by atoms with Gasteiger partial charge in [0.15, 0.2) is 0 Å². The van der Waals surface area contributed by atoms with Gasteiger partial charge < -0.3 is 5.32 Å². The third-order valence-corrected chi connectivity index (χ3v) is 9.47. The van der Waals surface area contributed by atoms with E-state index in [9.17, 15) is 21.6 Å². The number of carbonyl (C=O) groups is 1. The van der Waals surface area contributed by atoms with Crippen molar-refractivity contribution in [3.8, 4) is 0 Å². The molecule has 8 nitrogen and oxygen atoms in total. The van der Waals surface area contributed by atoms with Gasteiger partial charge in [0.1, 0.15) is 0 Å². The van der Waals surface area contributed by atoms with E-state index in [0.29, 0.717) is 41.0 Å². The van der Waals surface area contributed by atoms with Crippen molar-refractivity contribution < 1.29 is 21.6 Å².